The Bertz CT molecular complexity index is 234. The highest BCUT2D eigenvalue weighted by Gasteiger charge is 2.05. The van der Waals surface area contributed by atoms with E-state index in [1.807, 2.05) is 0 Å². The third-order valence-electron chi connectivity index (χ3n) is 2.60. The van der Waals surface area contributed by atoms with E-state index < -0.39 is 11.8 Å². The van der Waals surface area contributed by atoms with Gasteiger partial charge in [-0.05, 0) is 45.3 Å². The largest absolute Gasteiger partial charge is 0.361 e. The monoisotopic (exact) mass is 258 g/mol. The minimum absolute atomic E-state index is 0.500. The molecule has 0 radical (unpaired) electrons. The van der Waals surface area contributed by atoms with Gasteiger partial charge in [0.15, 0.2) is 0 Å². The van der Waals surface area contributed by atoms with Crippen molar-refractivity contribution in [3.05, 3.63) is 0 Å². The van der Waals surface area contributed by atoms with Crippen LogP contribution in [0.3, 0.4) is 0 Å². The Labute approximate surface area is 109 Å². The standard InChI is InChI=1S/C12H26N4O2/c13-7-3-1-2-4-8-15-9-5-6-10-16-12(18)11(14)17/h15H,1-10,13H2,(H2,14,17)(H,16,18). The van der Waals surface area contributed by atoms with E-state index in [-0.39, 0.29) is 0 Å². The van der Waals surface area contributed by atoms with E-state index in [4.69, 9.17) is 11.5 Å². The van der Waals surface area contributed by atoms with Crippen molar-refractivity contribution in [1.29, 1.82) is 0 Å². The Morgan fingerprint density at radius 1 is 0.833 bits per heavy atom. The fourth-order valence-electron chi connectivity index (χ4n) is 1.54. The lowest BCUT2D eigenvalue weighted by Gasteiger charge is -2.05. The summed E-state index contributed by atoms with van der Waals surface area (Å²) in [7, 11) is 0. The summed E-state index contributed by atoms with van der Waals surface area (Å²) in [5, 5.41) is 5.79. The average Bonchev–Trinajstić information content (AvgIpc) is 2.35. The van der Waals surface area contributed by atoms with Crippen LogP contribution in [0, 0.1) is 0 Å². The van der Waals surface area contributed by atoms with Crippen LogP contribution in [0.4, 0.5) is 0 Å². The normalized spacial score (nSPS) is 10.3. The van der Waals surface area contributed by atoms with Crippen LogP contribution in [-0.2, 0) is 9.59 Å². The van der Waals surface area contributed by atoms with E-state index in [2.05, 4.69) is 10.6 Å². The minimum Gasteiger partial charge on any atom is -0.361 e. The molecule has 0 aromatic heterocycles. The summed E-state index contributed by atoms with van der Waals surface area (Å²) in [6, 6.07) is 0. The third-order valence-corrected chi connectivity index (χ3v) is 2.60. The Balaban J connectivity index is 3.07. The second kappa shape index (κ2) is 12.3. The SMILES string of the molecule is NCCCCCCNCCCCNC(=O)C(N)=O. The van der Waals surface area contributed by atoms with Gasteiger partial charge in [0.25, 0.3) is 0 Å². The average molecular weight is 258 g/mol. The fraction of sp³-hybridized carbons (Fsp3) is 0.833. The van der Waals surface area contributed by atoms with Gasteiger partial charge in [0, 0.05) is 6.54 Å². The highest BCUT2D eigenvalue weighted by atomic mass is 16.2. The van der Waals surface area contributed by atoms with Crippen molar-refractivity contribution in [2.45, 2.75) is 38.5 Å². The first-order valence-electron chi connectivity index (χ1n) is 6.67. The summed E-state index contributed by atoms with van der Waals surface area (Å²) >= 11 is 0. The molecule has 0 spiro atoms. The van der Waals surface area contributed by atoms with Crippen molar-refractivity contribution < 1.29 is 9.59 Å². The van der Waals surface area contributed by atoms with Crippen LogP contribution in [0.1, 0.15) is 38.5 Å². The molecule has 0 aliphatic heterocycles. The van der Waals surface area contributed by atoms with Crippen molar-refractivity contribution in [3.8, 4) is 0 Å². The predicted molar refractivity (Wildman–Crippen MR) is 71.8 cm³/mol. The second-order valence-electron chi connectivity index (χ2n) is 4.28. The molecule has 6 N–H and O–H groups in total. The van der Waals surface area contributed by atoms with E-state index in [9.17, 15) is 9.59 Å². The lowest BCUT2D eigenvalue weighted by molar-refractivity contribution is -0.137. The van der Waals surface area contributed by atoms with Crippen LogP contribution in [0.5, 0.6) is 0 Å². The van der Waals surface area contributed by atoms with Crippen molar-refractivity contribution in [2.75, 3.05) is 26.2 Å². The first kappa shape index (κ1) is 16.9. The maximum atomic E-state index is 10.8. The summed E-state index contributed by atoms with van der Waals surface area (Å²) in [4.78, 5) is 21.2. The zero-order chi connectivity index (χ0) is 13.6. The van der Waals surface area contributed by atoms with Gasteiger partial charge in [-0.15, -0.1) is 0 Å². The molecule has 106 valence electrons. The van der Waals surface area contributed by atoms with Crippen molar-refractivity contribution in [1.82, 2.24) is 10.6 Å². The van der Waals surface area contributed by atoms with E-state index in [0.717, 1.165) is 38.9 Å². The van der Waals surface area contributed by atoms with Crippen LogP contribution in [0.2, 0.25) is 0 Å². The van der Waals surface area contributed by atoms with Gasteiger partial charge in [-0.3, -0.25) is 9.59 Å². The quantitative estimate of drug-likeness (QED) is 0.295. The summed E-state index contributed by atoms with van der Waals surface area (Å²) < 4.78 is 0. The molecular weight excluding hydrogens is 232 g/mol. The van der Waals surface area contributed by atoms with Gasteiger partial charge in [-0.2, -0.15) is 0 Å². The molecule has 0 fully saturated rings. The van der Waals surface area contributed by atoms with Crippen LogP contribution in [0.25, 0.3) is 0 Å². The molecule has 0 aromatic rings. The number of nitrogens with two attached hydrogens (primary N) is 2. The summed E-state index contributed by atoms with van der Waals surface area (Å²) in [5.41, 5.74) is 10.2. The number of hydrogen-bond acceptors (Lipinski definition) is 4. The molecule has 0 bridgehead atoms. The Morgan fingerprint density at radius 3 is 2.00 bits per heavy atom. The Morgan fingerprint density at radius 2 is 1.39 bits per heavy atom. The van der Waals surface area contributed by atoms with Crippen molar-refractivity contribution in [3.63, 3.8) is 0 Å². The van der Waals surface area contributed by atoms with Gasteiger partial charge < -0.3 is 22.1 Å². The fourth-order valence-corrected chi connectivity index (χ4v) is 1.54. The van der Waals surface area contributed by atoms with E-state index >= 15 is 0 Å². The van der Waals surface area contributed by atoms with E-state index in [0.29, 0.717) is 6.54 Å². The molecule has 0 aliphatic carbocycles. The van der Waals surface area contributed by atoms with Gasteiger partial charge in [0.05, 0.1) is 0 Å². The van der Waals surface area contributed by atoms with Gasteiger partial charge in [0.1, 0.15) is 0 Å². The Hall–Kier alpha value is -1.14. The molecule has 0 rings (SSSR count). The lowest BCUT2D eigenvalue weighted by Crippen LogP contribution is -2.36. The first-order valence-corrected chi connectivity index (χ1v) is 6.67. The topological polar surface area (TPSA) is 110 Å². The molecule has 0 aliphatic rings. The van der Waals surface area contributed by atoms with Gasteiger partial charge in [-0.1, -0.05) is 12.8 Å². The summed E-state index contributed by atoms with van der Waals surface area (Å²) in [6.07, 6.45) is 6.54. The highest BCUT2D eigenvalue weighted by Crippen LogP contribution is 1.96. The third kappa shape index (κ3) is 11.3. The number of hydrogen-bond donors (Lipinski definition) is 4. The molecule has 0 heterocycles. The number of carbonyl (C=O) groups is 2. The van der Waals surface area contributed by atoms with Crippen LogP contribution in [0.15, 0.2) is 0 Å². The minimum atomic E-state index is -0.925. The van der Waals surface area contributed by atoms with Gasteiger partial charge >= 0.3 is 11.8 Å². The smallest absolute Gasteiger partial charge is 0.309 e. The van der Waals surface area contributed by atoms with Crippen LogP contribution < -0.4 is 22.1 Å². The molecule has 6 heteroatoms. The maximum Gasteiger partial charge on any atom is 0.309 e. The zero-order valence-electron chi connectivity index (χ0n) is 11.0. The molecule has 2 amide bonds. The van der Waals surface area contributed by atoms with Gasteiger partial charge in [0.2, 0.25) is 0 Å². The van der Waals surface area contributed by atoms with Gasteiger partial charge in [-0.25, -0.2) is 0 Å². The van der Waals surface area contributed by atoms with Crippen LogP contribution >= 0.6 is 0 Å². The molecule has 0 atom stereocenters. The molecule has 0 unspecified atom stereocenters. The molecular formula is C12H26N4O2. The van der Waals surface area contributed by atoms with Crippen molar-refractivity contribution >= 4 is 11.8 Å². The predicted octanol–water partition coefficient (Wildman–Crippen LogP) is -0.523. The van der Waals surface area contributed by atoms with E-state index in [1.165, 1.54) is 19.3 Å². The van der Waals surface area contributed by atoms with Crippen molar-refractivity contribution in [2.24, 2.45) is 11.5 Å². The Kier molecular flexibility index (Phi) is 11.5. The summed E-state index contributed by atoms with van der Waals surface area (Å²) in [6.45, 7) is 3.24. The summed E-state index contributed by atoms with van der Waals surface area (Å²) in [5.74, 6) is -1.63. The molecule has 0 aromatic carbocycles. The number of carbonyl (C=O) groups excluding carboxylic acids is 2. The molecule has 6 nitrogen and oxygen atoms in total. The molecule has 18 heavy (non-hydrogen) atoms. The lowest BCUT2D eigenvalue weighted by atomic mass is 10.2. The molecule has 0 saturated carbocycles. The first-order chi connectivity index (χ1) is 8.68. The number of primary amides is 1. The zero-order valence-corrected chi connectivity index (χ0v) is 11.0. The van der Waals surface area contributed by atoms with E-state index in [1.54, 1.807) is 0 Å². The molecule has 0 saturated heterocycles. The number of amides is 2. The number of nitrogens with one attached hydrogen (secondary N) is 2. The highest BCUT2D eigenvalue weighted by molar-refractivity contribution is 6.34. The second-order valence-corrected chi connectivity index (χ2v) is 4.28. The number of unbranched alkanes of at least 4 members (excludes halogenated alkanes) is 4. The van der Waals surface area contributed by atoms with Crippen LogP contribution in [-0.4, -0.2) is 38.0 Å². The number of rotatable bonds is 11. The maximum absolute atomic E-state index is 10.8.